The molecule has 0 aromatic rings. The van der Waals surface area contributed by atoms with Crippen LogP contribution in [-0.2, 0) is 9.59 Å². The molecule has 2 saturated carbocycles. The topological polar surface area (TPSA) is 66.4 Å². The van der Waals surface area contributed by atoms with Gasteiger partial charge in [0.1, 0.15) is 0 Å². The molecule has 0 spiro atoms. The molecule has 0 heterocycles. The first kappa shape index (κ1) is 13.4. The molecule has 2 aliphatic carbocycles. The minimum absolute atomic E-state index is 0.0000416. The monoisotopic (exact) mass is 253 g/mol. The van der Waals surface area contributed by atoms with Crippen LogP contribution in [-0.4, -0.2) is 23.0 Å². The number of carboxylic acids is 1. The number of carbonyl (C=O) groups excluding carboxylic acids is 1. The number of hydrogen-bond donors (Lipinski definition) is 2. The van der Waals surface area contributed by atoms with Gasteiger partial charge in [-0.3, -0.25) is 9.59 Å². The zero-order valence-corrected chi connectivity index (χ0v) is 11.6. The van der Waals surface area contributed by atoms with Gasteiger partial charge in [-0.1, -0.05) is 34.1 Å². The number of rotatable bonds is 3. The maximum Gasteiger partial charge on any atom is 0.308 e. The normalized spacial score (nSPS) is 33.1. The lowest BCUT2D eigenvalue weighted by Gasteiger charge is -2.18. The zero-order chi connectivity index (χ0) is 13.7. The molecule has 0 aromatic heterocycles. The van der Waals surface area contributed by atoms with E-state index in [0.717, 1.165) is 12.8 Å². The summed E-state index contributed by atoms with van der Waals surface area (Å²) < 4.78 is 0. The highest BCUT2D eigenvalue weighted by Crippen LogP contribution is 2.68. The summed E-state index contributed by atoms with van der Waals surface area (Å²) in [4.78, 5) is 23.3. The van der Waals surface area contributed by atoms with Gasteiger partial charge in [-0.25, -0.2) is 0 Å². The zero-order valence-electron chi connectivity index (χ0n) is 11.6. The second kappa shape index (κ2) is 3.97. The molecule has 4 nitrogen and oxygen atoms in total. The molecule has 18 heavy (non-hydrogen) atoms. The third kappa shape index (κ3) is 1.82. The van der Waals surface area contributed by atoms with E-state index in [4.69, 9.17) is 5.11 Å². The van der Waals surface area contributed by atoms with Gasteiger partial charge in [-0.05, 0) is 23.7 Å². The third-order valence-electron chi connectivity index (χ3n) is 5.44. The molecular weight excluding hydrogens is 230 g/mol. The average Bonchev–Trinajstić information content (AvgIpc) is 2.59. The first-order valence-corrected chi connectivity index (χ1v) is 6.73. The molecule has 2 fully saturated rings. The fourth-order valence-corrected chi connectivity index (χ4v) is 3.55. The van der Waals surface area contributed by atoms with Crippen LogP contribution in [0.3, 0.4) is 0 Å². The van der Waals surface area contributed by atoms with E-state index in [0.29, 0.717) is 6.42 Å². The van der Waals surface area contributed by atoms with E-state index < -0.39 is 11.9 Å². The maximum atomic E-state index is 12.3. The Balaban J connectivity index is 1.99. The SMILES string of the molecule is CC1(C)C(C(=O)NC2CCCC2C(=O)O)C1(C)C. The highest BCUT2D eigenvalue weighted by atomic mass is 16.4. The van der Waals surface area contributed by atoms with Crippen LogP contribution in [0.5, 0.6) is 0 Å². The summed E-state index contributed by atoms with van der Waals surface area (Å²) in [6.45, 7) is 8.39. The van der Waals surface area contributed by atoms with Gasteiger partial charge in [-0.2, -0.15) is 0 Å². The second-order valence-electron chi connectivity index (χ2n) is 6.87. The Morgan fingerprint density at radius 2 is 1.67 bits per heavy atom. The molecular formula is C14H23NO3. The molecule has 2 rings (SSSR count). The van der Waals surface area contributed by atoms with Gasteiger partial charge >= 0.3 is 5.97 Å². The Hall–Kier alpha value is -1.06. The van der Waals surface area contributed by atoms with Crippen molar-refractivity contribution in [1.29, 1.82) is 0 Å². The van der Waals surface area contributed by atoms with Crippen molar-refractivity contribution >= 4 is 11.9 Å². The number of aliphatic carboxylic acids is 1. The lowest BCUT2D eigenvalue weighted by atomic mass is 10.0. The van der Waals surface area contributed by atoms with Crippen LogP contribution in [0.15, 0.2) is 0 Å². The van der Waals surface area contributed by atoms with Gasteiger partial charge < -0.3 is 10.4 Å². The predicted molar refractivity (Wildman–Crippen MR) is 68.0 cm³/mol. The van der Waals surface area contributed by atoms with Crippen LogP contribution in [0.4, 0.5) is 0 Å². The summed E-state index contributed by atoms with van der Waals surface area (Å²) in [5.41, 5.74) is 0.0167. The van der Waals surface area contributed by atoms with Crippen molar-refractivity contribution in [2.45, 2.75) is 53.0 Å². The van der Waals surface area contributed by atoms with Crippen LogP contribution < -0.4 is 5.32 Å². The van der Waals surface area contributed by atoms with E-state index in [2.05, 4.69) is 33.0 Å². The highest BCUT2D eigenvalue weighted by Gasteiger charge is 2.68. The molecule has 0 saturated heterocycles. The van der Waals surface area contributed by atoms with Crippen molar-refractivity contribution in [2.24, 2.45) is 22.7 Å². The van der Waals surface area contributed by atoms with Crippen LogP contribution >= 0.6 is 0 Å². The van der Waals surface area contributed by atoms with Gasteiger partial charge in [0.05, 0.1) is 5.92 Å². The molecule has 1 amide bonds. The van der Waals surface area contributed by atoms with Crippen LogP contribution in [0.1, 0.15) is 47.0 Å². The Kier molecular flexibility index (Phi) is 2.95. The Morgan fingerprint density at radius 1 is 1.11 bits per heavy atom. The molecule has 0 radical (unpaired) electrons. The van der Waals surface area contributed by atoms with Crippen molar-refractivity contribution in [1.82, 2.24) is 5.32 Å². The summed E-state index contributed by atoms with van der Waals surface area (Å²) in [5, 5.41) is 12.1. The van der Waals surface area contributed by atoms with Crippen LogP contribution in [0, 0.1) is 22.7 Å². The molecule has 4 heteroatoms. The Labute approximate surface area is 108 Å². The van der Waals surface area contributed by atoms with Gasteiger partial charge in [-0.15, -0.1) is 0 Å². The quantitative estimate of drug-likeness (QED) is 0.809. The number of hydrogen-bond acceptors (Lipinski definition) is 2. The number of nitrogens with one attached hydrogen (secondary N) is 1. The molecule has 0 aromatic carbocycles. The van der Waals surface area contributed by atoms with Crippen molar-refractivity contribution in [2.75, 3.05) is 0 Å². The predicted octanol–water partition coefficient (Wildman–Crippen LogP) is 2.04. The molecule has 0 aliphatic heterocycles. The van der Waals surface area contributed by atoms with E-state index in [9.17, 15) is 9.59 Å². The molecule has 2 unspecified atom stereocenters. The van der Waals surface area contributed by atoms with Crippen molar-refractivity contribution < 1.29 is 14.7 Å². The standard InChI is InChI=1S/C14H23NO3/c1-13(2)10(14(13,3)4)11(16)15-9-7-5-6-8(9)12(17)18/h8-10H,5-7H2,1-4H3,(H,15,16)(H,17,18). The summed E-state index contributed by atoms with van der Waals surface area (Å²) >= 11 is 0. The summed E-state index contributed by atoms with van der Waals surface area (Å²) in [6.07, 6.45) is 2.35. The van der Waals surface area contributed by atoms with Crippen molar-refractivity contribution in [3.05, 3.63) is 0 Å². The van der Waals surface area contributed by atoms with Gasteiger partial charge in [0.2, 0.25) is 5.91 Å². The molecule has 2 N–H and O–H groups in total. The molecule has 2 atom stereocenters. The largest absolute Gasteiger partial charge is 0.481 e. The number of amides is 1. The fourth-order valence-electron chi connectivity index (χ4n) is 3.55. The Morgan fingerprint density at radius 3 is 2.11 bits per heavy atom. The third-order valence-corrected chi connectivity index (χ3v) is 5.44. The summed E-state index contributed by atoms with van der Waals surface area (Å²) in [6, 6.07) is -0.179. The van der Waals surface area contributed by atoms with Crippen molar-refractivity contribution in [3.8, 4) is 0 Å². The first-order chi connectivity index (χ1) is 8.19. The van der Waals surface area contributed by atoms with E-state index >= 15 is 0 Å². The maximum absolute atomic E-state index is 12.3. The smallest absolute Gasteiger partial charge is 0.308 e. The summed E-state index contributed by atoms with van der Waals surface area (Å²) in [7, 11) is 0. The van der Waals surface area contributed by atoms with Crippen molar-refractivity contribution in [3.63, 3.8) is 0 Å². The van der Waals surface area contributed by atoms with Gasteiger partial charge in [0.15, 0.2) is 0 Å². The van der Waals surface area contributed by atoms with Crippen LogP contribution in [0.2, 0.25) is 0 Å². The van der Waals surface area contributed by atoms with E-state index in [-0.39, 0.29) is 28.7 Å². The highest BCUT2D eigenvalue weighted by molar-refractivity contribution is 5.85. The number of carbonyl (C=O) groups is 2. The van der Waals surface area contributed by atoms with Gasteiger partial charge in [0.25, 0.3) is 0 Å². The average molecular weight is 253 g/mol. The van der Waals surface area contributed by atoms with Crippen LogP contribution in [0.25, 0.3) is 0 Å². The molecule has 0 bridgehead atoms. The minimum Gasteiger partial charge on any atom is -0.481 e. The van der Waals surface area contributed by atoms with E-state index in [1.807, 2.05) is 0 Å². The van der Waals surface area contributed by atoms with E-state index in [1.165, 1.54) is 0 Å². The lowest BCUT2D eigenvalue weighted by Crippen LogP contribution is -2.41. The number of carboxylic acid groups (broad SMARTS) is 1. The second-order valence-corrected chi connectivity index (χ2v) is 6.87. The lowest BCUT2D eigenvalue weighted by molar-refractivity contribution is -0.142. The first-order valence-electron chi connectivity index (χ1n) is 6.73. The van der Waals surface area contributed by atoms with E-state index in [1.54, 1.807) is 0 Å². The minimum atomic E-state index is -0.785. The molecule has 102 valence electrons. The molecule has 2 aliphatic rings. The fraction of sp³-hybridized carbons (Fsp3) is 0.857. The van der Waals surface area contributed by atoms with Gasteiger partial charge in [0, 0.05) is 12.0 Å². The Bertz CT molecular complexity index is 373. The summed E-state index contributed by atoms with van der Waals surface area (Å²) in [5.74, 6) is -1.16.